The summed E-state index contributed by atoms with van der Waals surface area (Å²) >= 11 is 0. The SMILES string of the molecule is CCN(CCS(=O)(=O)C(C)(C)C)Cc1ccccc1CN. The molecule has 1 aromatic rings. The van der Waals surface area contributed by atoms with Gasteiger partial charge in [-0.05, 0) is 38.4 Å². The van der Waals surface area contributed by atoms with E-state index < -0.39 is 14.6 Å². The fourth-order valence-electron chi connectivity index (χ4n) is 2.06. The zero-order valence-electron chi connectivity index (χ0n) is 13.6. The molecule has 0 heterocycles. The summed E-state index contributed by atoms with van der Waals surface area (Å²) in [5.41, 5.74) is 8.05. The number of hydrogen-bond donors (Lipinski definition) is 1. The highest BCUT2D eigenvalue weighted by atomic mass is 32.2. The smallest absolute Gasteiger partial charge is 0.156 e. The maximum absolute atomic E-state index is 12.2. The van der Waals surface area contributed by atoms with Crippen molar-refractivity contribution >= 4 is 9.84 Å². The molecule has 0 aliphatic carbocycles. The molecule has 0 aromatic heterocycles. The highest BCUT2D eigenvalue weighted by molar-refractivity contribution is 7.92. The van der Waals surface area contributed by atoms with Gasteiger partial charge in [0.05, 0.1) is 10.5 Å². The van der Waals surface area contributed by atoms with Crippen molar-refractivity contribution in [2.45, 2.75) is 45.5 Å². The first-order chi connectivity index (χ1) is 9.71. The second-order valence-electron chi connectivity index (χ2n) is 6.27. The van der Waals surface area contributed by atoms with Gasteiger partial charge in [0.25, 0.3) is 0 Å². The van der Waals surface area contributed by atoms with E-state index in [2.05, 4.69) is 17.9 Å². The first-order valence-corrected chi connectivity index (χ1v) is 9.08. The Balaban J connectivity index is 2.73. The molecule has 0 unspecified atom stereocenters. The van der Waals surface area contributed by atoms with Crippen molar-refractivity contribution in [3.8, 4) is 0 Å². The number of nitrogens with two attached hydrogens (primary N) is 1. The molecule has 0 aliphatic rings. The number of nitrogens with zero attached hydrogens (tertiary/aromatic N) is 1. The van der Waals surface area contributed by atoms with E-state index in [1.807, 2.05) is 18.2 Å². The normalized spacial score (nSPS) is 12.9. The van der Waals surface area contributed by atoms with Gasteiger partial charge in [-0.15, -0.1) is 0 Å². The van der Waals surface area contributed by atoms with E-state index in [1.165, 1.54) is 5.56 Å². The van der Waals surface area contributed by atoms with Gasteiger partial charge in [0.1, 0.15) is 0 Å². The number of sulfone groups is 1. The lowest BCUT2D eigenvalue weighted by Crippen LogP contribution is -2.36. The molecule has 4 nitrogen and oxygen atoms in total. The van der Waals surface area contributed by atoms with Gasteiger partial charge in [-0.1, -0.05) is 31.2 Å². The van der Waals surface area contributed by atoms with Crippen molar-refractivity contribution in [2.24, 2.45) is 5.73 Å². The van der Waals surface area contributed by atoms with Crippen LogP contribution >= 0.6 is 0 Å². The van der Waals surface area contributed by atoms with Crippen molar-refractivity contribution in [2.75, 3.05) is 18.8 Å². The molecule has 0 radical (unpaired) electrons. The molecule has 1 rings (SSSR count). The van der Waals surface area contributed by atoms with Crippen LogP contribution in [0.3, 0.4) is 0 Å². The molecule has 21 heavy (non-hydrogen) atoms. The molecule has 0 fully saturated rings. The Labute approximate surface area is 129 Å². The Morgan fingerprint density at radius 1 is 1.14 bits per heavy atom. The van der Waals surface area contributed by atoms with Crippen molar-refractivity contribution < 1.29 is 8.42 Å². The van der Waals surface area contributed by atoms with E-state index in [-0.39, 0.29) is 5.75 Å². The molecule has 0 saturated heterocycles. The third-order valence-corrected chi connectivity index (χ3v) is 6.37. The van der Waals surface area contributed by atoms with Gasteiger partial charge < -0.3 is 5.73 Å². The summed E-state index contributed by atoms with van der Waals surface area (Å²) in [5.74, 6) is 0.190. The Hall–Kier alpha value is -0.910. The average molecular weight is 312 g/mol. The van der Waals surface area contributed by atoms with Crippen LogP contribution in [0.2, 0.25) is 0 Å². The van der Waals surface area contributed by atoms with Gasteiger partial charge in [-0.25, -0.2) is 8.42 Å². The Bertz CT molecular complexity index is 548. The molecular formula is C16H28N2O2S. The van der Waals surface area contributed by atoms with Gasteiger partial charge in [-0.3, -0.25) is 4.90 Å². The summed E-state index contributed by atoms with van der Waals surface area (Å²) in [6.45, 7) is 9.92. The molecular weight excluding hydrogens is 284 g/mol. The fourth-order valence-corrected chi connectivity index (χ4v) is 3.17. The molecule has 0 atom stereocenters. The molecule has 0 saturated carbocycles. The Morgan fingerprint density at radius 2 is 1.71 bits per heavy atom. The Kier molecular flexibility index (Phi) is 6.38. The molecule has 120 valence electrons. The van der Waals surface area contributed by atoms with Crippen LogP contribution in [0, 0.1) is 0 Å². The predicted molar refractivity (Wildman–Crippen MR) is 88.8 cm³/mol. The van der Waals surface area contributed by atoms with Crippen molar-refractivity contribution in [3.63, 3.8) is 0 Å². The zero-order chi connectivity index (χ0) is 16.1. The first-order valence-electron chi connectivity index (χ1n) is 7.42. The summed E-state index contributed by atoms with van der Waals surface area (Å²) in [6.07, 6.45) is 0. The third-order valence-electron chi connectivity index (χ3n) is 3.79. The zero-order valence-corrected chi connectivity index (χ0v) is 14.4. The number of hydrogen-bond acceptors (Lipinski definition) is 4. The van der Waals surface area contributed by atoms with Crippen LogP contribution in [-0.2, 0) is 22.9 Å². The minimum Gasteiger partial charge on any atom is -0.326 e. The lowest BCUT2D eigenvalue weighted by Gasteiger charge is -2.25. The number of benzene rings is 1. The highest BCUT2D eigenvalue weighted by Crippen LogP contribution is 2.17. The lowest BCUT2D eigenvalue weighted by atomic mass is 10.1. The van der Waals surface area contributed by atoms with E-state index in [4.69, 9.17) is 5.73 Å². The quantitative estimate of drug-likeness (QED) is 0.838. The molecule has 0 amide bonds. The topological polar surface area (TPSA) is 63.4 Å². The average Bonchev–Trinajstić information content (AvgIpc) is 2.42. The van der Waals surface area contributed by atoms with Gasteiger partial charge >= 0.3 is 0 Å². The van der Waals surface area contributed by atoms with E-state index in [1.54, 1.807) is 20.8 Å². The second kappa shape index (κ2) is 7.38. The van der Waals surface area contributed by atoms with Crippen molar-refractivity contribution in [1.82, 2.24) is 4.90 Å². The van der Waals surface area contributed by atoms with Crippen LogP contribution < -0.4 is 5.73 Å². The van der Waals surface area contributed by atoms with Crippen LogP contribution in [0.5, 0.6) is 0 Å². The van der Waals surface area contributed by atoms with Crippen LogP contribution in [0.15, 0.2) is 24.3 Å². The summed E-state index contributed by atoms with van der Waals surface area (Å²) in [6, 6.07) is 8.05. The standard InChI is InChI=1S/C16H28N2O2S/c1-5-18(10-11-21(19,20)16(2,3)4)13-15-9-7-6-8-14(15)12-17/h6-9H,5,10-13,17H2,1-4H3. The lowest BCUT2D eigenvalue weighted by molar-refractivity contribution is 0.295. The molecule has 5 heteroatoms. The van der Waals surface area contributed by atoms with Crippen LogP contribution in [0.4, 0.5) is 0 Å². The molecule has 2 N–H and O–H groups in total. The summed E-state index contributed by atoms with van der Waals surface area (Å²) in [7, 11) is -3.08. The third kappa shape index (κ3) is 5.09. The van der Waals surface area contributed by atoms with Crippen LogP contribution in [-0.4, -0.2) is 36.9 Å². The largest absolute Gasteiger partial charge is 0.326 e. The van der Waals surface area contributed by atoms with Crippen molar-refractivity contribution in [1.29, 1.82) is 0 Å². The maximum atomic E-state index is 12.2. The second-order valence-corrected chi connectivity index (χ2v) is 9.14. The number of rotatable bonds is 7. The van der Waals surface area contributed by atoms with Gasteiger partial charge in [0.2, 0.25) is 0 Å². The van der Waals surface area contributed by atoms with Crippen molar-refractivity contribution in [3.05, 3.63) is 35.4 Å². The summed E-state index contributed by atoms with van der Waals surface area (Å²) in [5, 5.41) is 0. The summed E-state index contributed by atoms with van der Waals surface area (Å²) in [4.78, 5) is 2.15. The van der Waals surface area contributed by atoms with E-state index >= 15 is 0 Å². The van der Waals surface area contributed by atoms with Gasteiger partial charge in [0, 0.05) is 19.6 Å². The minimum atomic E-state index is -3.08. The van der Waals surface area contributed by atoms with E-state index in [9.17, 15) is 8.42 Å². The molecule has 1 aromatic carbocycles. The van der Waals surface area contributed by atoms with E-state index in [0.717, 1.165) is 18.7 Å². The van der Waals surface area contributed by atoms with Crippen LogP contribution in [0.1, 0.15) is 38.8 Å². The van der Waals surface area contributed by atoms with Crippen LogP contribution in [0.25, 0.3) is 0 Å². The maximum Gasteiger partial charge on any atom is 0.156 e. The van der Waals surface area contributed by atoms with Gasteiger partial charge in [0.15, 0.2) is 9.84 Å². The fraction of sp³-hybridized carbons (Fsp3) is 0.625. The monoisotopic (exact) mass is 312 g/mol. The molecule has 0 spiro atoms. The van der Waals surface area contributed by atoms with Gasteiger partial charge in [-0.2, -0.15) is 0 Å². The molecule has 0 aliphatic heterocycles. The Morgan fingerprint density at radius 3 is 2.19 bits per heavy atom. The highest BCUT2D eigenvalue weighted by Gasteiger charge is 2.28. The molecule has 0 bridgehead atoms. The minimum absolute atomic E-state index is 0.190. The summed E-state index contributed by atoms with van der Waals surface area (Å²) < 4.78 is 23.7. The predicted octanol–water partition coefficient (Wildman–Crippen LogP) is 2.18. The van der Waals surface area contributed by atoms with E-state index in [0.29, 0.717) is 13.1 Å². The first kappa shape index (κ1) is 18.1.